The van der Waals surface area contributed by atoms with Crippen LogP contribution < -0.4 is 11.1 Å². The molecule has 0 radical (unpaired) electrons. The van der Waals surface area contributed by atoms with Crippen LogP contribution in [-0.4, -0.2) is 19.6 Å². The molecule has 1 saturated carbocycles. The summed E-state index contributed by atoms with van der Waals surface area (Å²) in [5.74, 6) is 0.993. The van der Waals surface area contributed by atoms with Crippen molar-refractivity contribution < 1.29 is 0 Å². The minimum Gasteiger partial charge on any atom is -0.329 e. The Morgan fingerprint density at radius 3 is 2.31 bits per heavy atom. The third-order valence-corrected chi connectivity index (χ3v) is 3.03. The van der Waals surface area contributed by atoms with Gasteiger partial charge in [0.2, 0.25) is 0 Å². The van der Waals surface area contributed by atoms with E-state index in [4.69, 9.17) is 5.73 Å². The smallest absolute Gasteiger partial charge is 0.00745 e. The second-order valence-electron chi connectivity index (χ2n) is 4.18. The molecular weight excluding hydrogens is 160 g/mol. The van der Waals surface area contributed by atoms with Crippen molar-refractivity contribution in [3.8, 4) is 0 Å². The molecule has 0 aromatic rings. The lowest BCUT2D eigenvalue weighted by molar-refractivity contribution is 0.416. The topological polar surface area (TPSA) is 38.0 Å². The first-order chi connectivity index (χ1) is 6.43. The molecule has 0 amide bonds. The molecule has 1 aliphatic carbocycles. The third kappa shape index (κ3) is 5.27. The summed E-state index contributed by atoms with van der Waals surface area (Å²) in [6, 6.07) is 0. The van der Waals surface area contributed by atoms with E-state index in [1.165, 1.54) is 51.5 Å². The maximum Gasteiger partial charge on any atom is 0.00745 e. The molecule has 0 spiro atoms. The van der Waals surface area contributed by atoms with E-state index >= 15 is 0 Å². The molecule has 1 rings (SSSR count). The number of nitrogens with one attached hydrogen (secondary N) is 1. The second-order valence-corrected chi connectivity index (χ2v) is 4.18. The van der Waals surface area contributed by atoms with Crippen molar-refractivity contribution in [1.82, 2.24) is 5.32 Å². The van der Waals surface area contributed by atoms with Crippen molar-refractivity contribution >= 4 is 0 Å². The van der Waals surface area contributed by atoms with E-state index in [9.17, 15) is 0 Å². The SMILES string of the molecule is NCCNCCC1CCCCCC1. The second kappa shape index (κ2) is 7.34. The standard InChI is InChI=1S/C11H24N2/c12-8-10-13-9-7-11-5-3-1-2-4-6-11/h11,13H,1-10,12H2. The van der Waals surface area contributed by atoms with E-state index in [1.807, 2.05) is 0 Å². The van der Waals surface area contributed by atoms with E-state index in [2.05, 4.69) is 5.32 Å². The van der Waals surface area contributed by atoms with Gasteiger partial charge < -0.3 is 11.1 Å². The fourth-order valence-corrected chi connectivity index (χ4v) is 2.19. The van der Waals surface area contributed by atoms with Gasteiger partial charge in [0.05, 0.1) is 0 Å². The molecule has 2 nitrogen and oxygen atoms in total. The highest BCUT2D eigenvalue weighted by Crippen LogP contribution is 2.24. The first-order valence-electron chi connectivity index (χ1n) is 5.84. The number of nitrogens with two attached hydrogens (primary N) is 1. The molecule has 3 N–H and O–H groups in total. The highest BCUT2D eigenvalue weighted by molar-refractivity contribution is 4.65. The summed E-state index contributed by atoms with van der Waals surface area (Å²) in [5, 5.41) is 3.38. The molecule has 0 bridgehead atoms. The minimum absolute atomic E-state index is 0.769. The predicted octanol–water partition coefficient (Wildman–Crippen LogP) is 1.90. The van der Waals surface area contributed by atoms with Crippen molar-refractivity contribution in [3.05, 3.63) is 0 Å². The highest BCUT2D eigenvalue weighted by Gasteiger charge is 2.10. The van der Waals surface area contributed by atoms with Crippen LogP contribution in [0.1, 0.15) is 44.9 Å². The zero-order valence-corrected chi connectivity index (χ0v) is 8.73. The summed E-state index contributed by atoms with van der Waals surface area (Å²) < 4.78 is 0. The largest absolute Gasteiger partial charge is 0.329 e. The molecule has 1 fully saturated rings. The molecule has 1 aliphatic rings. The lowest BCUT2D eigenvalue weighted by Gasteiger charge is -2.13. The zero-order valence-electron chi connectivity index (χ0n) is 8.73. The summed E-state index contributed by atoms with van der Waals surface area (Å²) in [5.41, 5.74) is 5.41. The summed E-state index contributed by atoms with van der Waals surface area (Å²) >= 11 is 0. The molecule has 0 unspecified atom stereocenters. The van der Waals surface area contributed by atoms with Gasteiger partial charge in [-0.3, -0.25) is 0 Å². The monoisotopic (exact) mass is 184 g/mol. The van der Waals surface area contributed by atoms with E-state index in [1.54, 1.807) is 0 Å². The number of rotatable bonds is 5. The van der Waals surface area contributed by atoms with Crippen LogP contribution in [-0.2, 0) is 0 Å². The van der Waals surface area contributed by atoms with Crippen molar-refractivity contribution in [2.75, 3.05) is 19.6 Å². The molecule has 0 aromatic heterocycles. The fraction of sp³-hybridized carbons (Fsp3) is 1.00. The van der Waals surface area contributed by atoms with Gasteiger partial charge in [-0.25, -0.2) is 0 Å². The van der Waals surface area contributed by atoms with Crippen LogP contribution in [0.5, 0.6) is 0 Å². The lowest BCUT2D eigenvalue weighted by atomic mass is 9.97. The van der Waals surface area contributed by atoms with Crippen molar-refractivity contribution in [2.45, 2.75) is 44.9 Å². The molecular formula is C11H24N2. The van der Waals surface area contributed by atoms with Crippen LogP contribution >= 0.6 is 0 Å². The molecule has 0 atom stereocenters. The summed E-state index contributed by atoms with van der Waals surface area (Å²) in [4.78, 5) is 0. The summed E-state index contributed by atoms with van der Waals surface area (Å²) in [7, 11) is 0. The Bertz CT molecular complexity index is 107. The van der Waals surface area contributed by atoms with Gasteiger partial charge in [-0.15, -0.1) is 0 Å². The van der Waals surface area contributed by atoms with Gasteiger partial charge in [-0.2, -0.15) is 0 Å². The van der Waals surface area contributed by atoms with Gasteiger partial charge in [-0.05, 0) is 18.9 Å². The Morgan fingerprint density at radius 1 is 1.00 bits per heavy atom. The van der Waals surface area contributed by atoms with Crippen LogP contribution in [0.15, 0.2) is 0 Å². The molecule has 0 heterocycles. The van der Waals surface area contributed by atoms with Gasteiger partial charge in [0, 0.05) is 13.1 Å². The Morgan fingerprint density at radius 2 is 1.69 bits per heavy atom. The van der Waals surface area contributed by atoms with E-state index in [-0.39, 0.29) is 0 Å². The van der Waals surface area contributed by atoms with Crippen LogP contribution in [0, 0.1) is 5.92 Å². The maximum atomic E-state index is 5.41. The van der Waals surface area contributed by atoms with Crippen LogP contribution in [0.2, 0.25) is 0 Å². The highest BCUT2D eigenvalue weighted by atomic mass is 14.9. The Hall–Kier alpha value is -0.0800. The minimum atomic E-state index is 0.769. The zero-order chi connectivity index (χ0) is 9.36. The first-order valence-corrected chi connectivity index (χ1v) is 5.84. The average Bonchev–Trinajstić information content (AvgIpc) is 2.41. The van der Waals surface area contributed by atoms with Crippen molar-refractivity contribution in [3.63, 3.8) is 0 Å². The Labute approximate surface area is 82.3 Å². The Balaban J connectivity index is 1.98. The van der Waals surface area contributed by atoms with Gasteiger partial charge >= 0.3 is 0 Å². The van der Waals surface area contributed by atoms with Gasteiger partial charge in [0.25, 0.3) is 0 Å². The lowest BCUT2D eigenvalue weighted by Crippen LogP contribution is -2.24. The predicted molar refractivity (Wildman–Crippen MR) is 57.7 cm³/mol. The molecule has 0 aliphatic heterocycles. The summed E-state index contributed by atoms with van der Waals surface area (Å²) in [6.45, 7) is 2.92. The molecule has 13 heavy (non-hydrogen) atoms. The van der Waals surface area contributed by atoms with Crippen LogP contribution in [0.4, 0.5) is 0 Å². The molecule has 2 heteroatoms. The fourth-order valence-electron chi connectivity index (χ4n) is 2.19. The van der Waals surface area contributed by atoms with Crippen LogP contribution in [0.3, 0.4) is 0 Å². The quantitative estimate of drug-likeness (QED) is 0.506. The maximum absolute atomic E-state index is 5.41. The van der Waals surface area contributed by atoms with E-state index in [0.717, 1.165) is 19.0 Å². The Kier molecular flexibility index (Phi) is 6.21. The van der Waals surface area contributed by atoms with Gasteiger partial charge in [-0.1, -0.05) is 38.5 Å². The van der Waals surface area contributed by atoms with Crippen LogP contribution in [0.25, 0.3) is 0 Å². The normalized spacial score (nSPS) is 20.1. The summed E-state index contributed by atoms with van der Waals surface area (Å²) in [6.07, 6.45) is 10.1. The number of hydrogen-bond acceptors (Lipinski definition) is 2. The first kappa shape index (κ1) is 11.0. The molecule has 0 aromatic carbocycles. The van der Waals surface area contributed by atoms with E-state index < -0.39 is 0 Å². The molecule has 0 saturated heterocycles. The van der Waals surface area contributed by atoms with Gasteiger partial charge in [0.15, 0.2) is 0 Å². The van der Waals surface area contributed by atoms with E-state index in [0.29, 0.717) is 0 Å². The van der Waals surface area contributed by atoms with Crippen molar-refractivity contribution in [2.24, 2.45) is 11.7 Å². The average molecular weight is 184 g/mol. The number of hydrogen-bond donors (Lipinski definition) is 2. The van der Waals surface area contributed by atoms with Gasteiger partial charge in [0.1, 0.15) is 0 Å². The molecule has 78 valence electrons. The third-order valence-electron chi connectivity index (χ3n) is 3.03. The van der Waals surface area contributed by atoms with Crippen molar-refractivity contribution in [1.29, 1.82) is 0 Å².